The van der Waals surface area contributed by atoms with E-state index in [0.29, 0.717) is 5.65 Å². The van der Waals surface area contributed by atoms with Crippen LogP contribution >= 0.6 is 11.6 Å². The summed E-state index contributed by atoms with van der Waals surface area (Å²) in [6.45, 7) is 0.817. The second-order valence-corrected chi connectivity index (χ2v) is 4.81. The summed E-state index contributed by atoms with van der Waals surface area (Å²) in [5, 5.41) is 7.87. The van der Waals surface area contributed by atoms with Crippen molar-refractivity contribution in [3.63, 3.8) is 0 Å². The Hall–Kier alpha value is -2.21. The van der Waals surface area contributed by atoms with Crippen molar-refractivity contribution in [2.45, 2.75) is 6.42 Å². The van der Waals surface area contributed by atoms with Crippen molar-refractivity contribution in [3.05, 3.63) is 41.6 Å². The van der Waals surface area contributed by atoms with E-state index in [1.165, 1.54) is 5.56 Å². The molecule has 0 aliphatic carbocycles. The molecule has 0 amide bonds. The molecule has 0 spiro atoms. The monoisotopic (exact) mass is 288 g/mol. The first-order chi connectivity index (χ1) is 9.74. The van der Waals surface area contributed by atoms with Crippen LogP contribution in [0.25, 0.3) is 11.0 Å². The highest BCUT2D eigenvalue weighted by atomic mass is 35.5. The van der Waals surface area contributed by atoms with E-state index in [4.69, 9.17) is 11.6 Å². The van der Waals surface area contributed by atoms with E-state index >= 15 is 0 Å². The van der Waals surface area contributed by atoms with Crippen LogP contribution in [0.1, 0.15) is 5.56 Å². The highest BCUT2D eigenvalue weighted by Crippen LogP contribution is 2.22. The summed E-state index contributed by atoms with van der Waals surface area (Å²) in [4.78, 5) is 14.5. The van der Waals surface area contributed by atoms with Crippen LogP contribution in [0.3, 0.4) is 0 Å². The zero-order valence-electron chi connectivity index (χ0n) is 10.9. The SMILES string of the molecule is CN(CCc1ccncc1)c1nc(Cl)nc2[nH]ncc12. The number of nitrogens with zero attached hydrogens (tertiary/aromatic N) is 5. The van der Waals surface area contributed by atoms with E-state index in [0.717, 1.165) is 24.2 Å². The predicted molar refractivity (Wildman–Crippen MR) is 77.9 cm³/mol. The molecule has 0 aliphatic rings. The fourth-order valence-corrected chi connectivity index (χ4v) is 2.20. The molecule has 3 heterocycles. The Morgan fingerprint density at radius 3 is 2.85 bits per heavy atom. The number of nitrogens with one attached hydrogen (secondary N) is 1. The Bertz CT molecular complexity index is 711. The van der Waals surface area contributed by atoms with Gasteiger partial charge < -0.3 is 4.90 Å². The average Bonchev–Trinajstić information content (AvgIpc) is 2.93. The number of hydrogen-bond acceptors (Lipinski definition) is 5. The number of pyridine rings is 1. The molecule has 7 heteroatoms. The lowest BCUT2D eigenvalue weighted by Gasteiger charge is -2.18. The molecule has 0 fully saturated rings. The molecule has 0 bridgehead atoms. The summed E-state index contributed by atoms with van der Waals surface area (Å²) >= 11 is 5.94. The van der Waals surface area contributed by atoms with Gasteiger partial charge in [-0.15, -0.1) is 0 Å². The molecule has 3 aromatic heterocycles. The smallest absolute Gasteiger partial charge is 0.226 e. The van der Waals surface area contributed by atoms with Crippen LogP contribution in [0.15, 0.2) is 30.7 Å². The van der Waals surface area contributed by atoms with Gasteiger partial charge in [-0.05, 0) is 35.7 Å². The predicted octanol–water partition coefficient (Wildman–Crippen LogP) is 2.08. The number of likely N-dealkylation sites (N-methyl/N-ethyl adjacent to an activating group) is 1. The van der Waals surface area contributed by atoms with E-state index in [1.54, 1.807) is 18.6 Å². The van der Waals surface area contributed by atoms with Gasteiger partial charge in [-0.3, -0.25) is 10.1 Å². The molecule has 0 unspecified atom stereocenters. The molecule has 3 aromatic rings. The second-order valence-electron chi connectivity index (χ2n) is 4.48. The third kappa shape index (κ3) is 2.55. The van der Waals surface area contributed by atoms with Crippen LogP contribution in [-0.2, 0) is 6.42 Å². The van der Waals surface area contributed by atoms with Gasteiger partial charge in [0.05, 0.1) is 11.6 Å². The summed E-state index contributed by atoms with van der Waals surface area (Å²) in [6.07, 6.45) is 6.21. The van der Waals surface area contributed by atoms with Crippen molar-refractivity contribution < 1.29 is 0 Å². The van der Waals surface area contributed by atoms with E-state index in [9.17, 15) is 0 Å². The number of aromatic nitrogens is 5. The molecule has 0 saturated heterocycles. The quantitative estimate of drug-likeness (QED) is 0.744. The van der Waals surface area contributed by atoms with Crippen LogP contribution in [0.4, 0.5) is 5.82 Å². The van der Waals surface area contributed by atoms with Crippen molar-refractivity contribution in [2.24, 2.45) is 0 Å². The zero-order chi connectivity index (χ0) is 13.9. The lowest BCUT2D eigenvalue weighted by Crippen LogP contribution is -2.21. The Balaban J connectivity index is 1.82. The molecule has 102 valence electrons. The van der Waals surface area contributed by atoms with Crippen molar-refractivity contribution >= 4 is 28.5 Å². The van der Waals surface area contributed by atoms with Crippen LogP contribution in [0.5, 0.6) is 0 Å². The highest BCUT2D eigenvalue weighted by Gasteiger charge is 2.12. The van der Waals surface area contributed by atoms with E-state index in [1.807, 2.05) is 24.1 Å². The minimum Gasteiger partial charge on any atom is -0.359 e. The van der Waals surface area contributed by atoms with Gasteiger partial charge in [0.1, 0.15) is 5.82 Å². The maximum atomic E-state index is 5.94. The largest absolute Gasteiger partial charge is 0.359 e. The highest BCUT2D eigenvalue weighted by molar-refractivity contribution is 6.28. The first-order valence-electron chi connectivity index (χ1n) is 6.20. The van der Waals surface area contributed by atoms with E-state index in [2.05, 4.69) is 25.1 Å². The second kappa shape index (κ2) is 5.42. The van der Waals surface area contributed by atoms with Gasteiger partial charge in [-0.25, -0.2) is 0 Å². The summed E-state index contributed by atoms with van der Waals surface area (Å²) < 4.78 is 0. The van der Waals surface area contributed by atoms with Gasteiger partial charge in [-0.1, -0.05) is 0 Å². The van der Waals surface area contributed by atoms with Crippen LogP contribution in [0, 0.1) is 0 Å². The minimum absolute atomic E-state index is 0.215. The number of aromatic amines is 1. The molecule has 0 atom stereocenters. The van der Waals surface area contributed by atoms with Gasteiger partial charge in [0.25, 0.3) is 0 Å². The zero-order valence-corrected chi connectivity index (χ0v) is 11.7. The molecule has 1 N–H and O–H groups in total. The lowest BCUT2D eigenvalue weighted by atomic mass is 10.2. The standard InChI is InChI=1S/C13H13ClN6/c1-20(7-4-9-2-5-15-6-3-9)12-10-8-16-19-11(10)17-13(14)18-12/h2-3,5-6,8H,4,7H2,1H3,(H,16,17,18,19). The van der Waals surface area contributed by atoms with Gasteiger partial charge in [0, 0.05) is 26.0 Å². The number of fused-ring (bicyclic) bond motifs is 1. The Kier molecular flexibility index (Phi) is 3.47. The summed E-state index contributed by atoms with van der Waals surface area (Å²) in [7, 11) is 1.98. The van der Waals surface area contributed by atoms with Crippen LogP contribution in [0.2, 0.25) is 5.28 Å². The number of rotatable bonds is 4. The number of H-pyrrole nitrogens is 1. The third-order valence-corrected chi connectivity index (χ3v) is 3.28. The summed E-state index contributed by atoms with van der Waals surface area (Å²) in [5.41, 5.74) is 1.88. The van der Waals surface area contributed by atoms with Gasteiger partial charge in [0.15, 0.2) is 5.65 Å². The fourth-order valence-electron chi connectivity index (χ4n) is 2.04. The summed E-state index contributed by atoms with van der Waals surface area (Å²) in [6, 6.07) is 4.02. The number of halogens is 1. The van der Waals surface area contributed by atoms with Crippen molar-refractivity contribution in [1.82, 2.24) is 25.1 Å². The van der Waals surface area contributed by atoms with Crippen molar-refractivity contribution in [1.29, 1.82) is 0 Å². The topological polar surface area (TPSA) is 70.6 Å². The molecule has 0 radical (unpaired) electrons. The van der Waals surface area contributed by atoms with Crippen molar-refractivity contribution in [3.8, 4) is 0 Å². The molecule has 0 aliphatic heterocycles. The Morgan fingerprint density at radius 2 is 2.05 bits per heavy atom. The maximum absolute atomic E-state index is 5.94. The molecule has 0 saturated carbocycles. The lowest BCUT2D eigenvalue weighted by molar-refractivity contribution is 0.860. The molecular formula is C13H13ClN6. The van der Waals surface area contributed by atoms with Crippen molar-refractivity contribution in [2.75, 3.05) is 18.5 Å². The molecule has 3 rings (SSSR count). The van der Waals surface area contributed by atoms with Gasteiger partial charge in [0.2, 0.25) is 5.28 Å². The van der Waals surface area contributed by atoms with Gasteiger partial charge in [-0.2, -0.15) is 15.1 Å². The normalized spacial score (nSPS) is 10.9. The fraction of sp³-hybridized carbons (Fsp3) is 0.231. The molecular weight excluding hydrogens is 276 g/mol. The van der Waals surface area contributed by atoms with Crippen LogP contribution < -0.4 is 4.90 Å². The number of anilines is 1. The van der Waals surface area contributed by atoms with E-state index < -0.39 is 0 Å². The maximum Gasteiger partial charge on any atom is 0.226 e. The molecule has 20 heavy (non-hydrogen) atoms. The summed E-state index contributed by atoms with van der Waals surface area (Å²) in [5.74, 6) is 0.780. The van der Waals surface area contributed by atoms with Crippen LogP contribution in [-0.4, -0.2) is 38.7 Å². The number of hydrogen-bond donors (Lipinski definition) is 1. The third-order valence-electron chi connectivity index (χ3n) is 3.11. The first-order valence-corrected chi connectivity index (χ1v) is 6.58. The Morgan fingerprint density at radius 1 is 1.25 bits per heavy atom. The molecule has 0 aromatic carbocycles. The first kappa shape index (κ1) is 12.8. The average molecular weight is 289 g/mol. The van der Waals surface area contributed by atoms with Gasteiger partial charge >= 0.3 is 0 Å². The Labute approximate surface area is 120 Å². The van der Waals surface area contributed by atoms with E-state index in [-0.39, 0.29) is 5.28 Å². The minimum atomic E-state index is 0.215. The molecule has 6 nitrogen and oxygen atoms in total.